The average Bonchev–Trinajstić information content (AvgIpc) is 2.32. The first kappa shape index (κ1) is 17.6. The number of carboxylic acids is 1. The standard InChI is InChI=1S/C14H18Cl2N2O3/c1-14(2,3)18(7-6-12(19)20)13(21)17-11-8-9(15)4-5-10(11)16/h4-5,8H,6-7H2,1-3H3,(H,17,21)(H,19,20). The van der Waals surface area contributed by atoms with Crippen molar-refractivity contribution in [2.24, 2.45) is 0 Å². The molecule has 1 aromatic carbocycles. The molecule has 0 aromatic heterocycles. The van der Waals surface area contributed by atoms with E-state index in [0.29, 0.717) is 15.7 Å². The number of aliphatic carboxylic acids is 1. The van der Waals surface area contributed by atoms with Gasteiger partial charge in [-0.25, -0.2) is 4.79 Å². The molecule has 1 rings (SSSR count). The number of carbonyl (C=O) groups excluding carboxylic acids is 1. The molecule has 21 heavy (non-hydrogen) atoms. The summed E-state index contributed by atoms with van der Waals surface area (Å²) in [6.07, 6.45) is -0.131. The maximum absolute atomic E-state index is 12.4. The van der Waals surface area contributed by atoms with Gasteiger partial charge in [0.1, 0.15) is 0 Å². The van der Waals surface area contributed by atoms with E-state index < -0.39 is 17.5 Å². The third-order valence-corrected chi connectivity index (χ3v) is 3.34. The number of benzene rings is 1. The number of nitrogens with zero attached hydrogens (tertiary/aromatic N) is 1. The fourth-order valence-electron chi connectivity index (χ4n) is 1.73. The molecule has 1 aromatic rings. The maximum Gasteiger partial charge on any atom is 0.322 e. The van der Waals surface area contributed by atoms with Crippen LogP contribution in [0.1, 0.15) is 27.2 Å². The predicted molar refractivity (Wildman–Crippen MR) is 84.2 cm³/mol. The minimum absolute atomic E-state index is 0.100. The van der Waals surface area contributed by atoms with E-state index in [9.17, 15) is 9.59 Å². The lowest BCUT2D eigenvalue weighted by atomic mass is 10.1. The molecule has 2 amide bonds. The van der Waals surface area contributed by atoms with Gasteiger partial charge in [-0.05, 0) is 39.0 Å². The molecular formula is C14H18Cl2N2O3. The first-order valence-corrected chi connectivity index (χ1v) is 7.12. The zero-order valence-corrected chi connectivity index (χ0v) is 13.6. The van der Waals surface area contributed by atoms with Gasteiger partial charge in [0.25, 0.3) is 0 Å². The second kappa shape index (κ2) is 7.00. The number of hydrogen-bond acceptors (Lipinski definition) is 2. The number of carbonyl (C=O) groups is 2. The maximum atomic E-state index is 12.4. The lowest BCUT2D eigenvalue weighted by molar-refractivity contribution is -0.137. The van der Waals surface area contributed by atoms with Crippen LogP contribution in [0.25, 0.3) is 0 Å². The molecule has 5 nitrogen and oxygen atoms in total. The highest BCUT2D eigenvalue weighted by Gasteiger charge is 2.27. The van der Waals surface area contributed by atoms with E-state index in [1.807, 2.05) is 20.8 Å². The van der Waals surface area contributed by atoms with Crippen LogP contribution in [-0.2, 0) is 4.79 Å². The molecule has 0 atom stereocenters. The molecule has 0 saturated heterocycles. The van der Waals surface area contributed by atoms with Crippen molar-refractivity contribution in [2.45, 2.75) is 32.7 Å². The molecule has 116 valence electrons. The molecule has 0 aliphatic carbocycles. The summed E-state index contributed by atoms with van der Waals surface area (Å²) in [6.45, 7) is 5.58. The Morgan fingerprint density at radius 2 is 1.90 bits per heavy atom. The minimum atomic E-state index is -0.960. The number of hydrogen-bond donors (Lipinski definition) is 2. The summed E-state index contributed by atoms with van der Waals surface area (Å²) >= 11 is 11.9. The van der Waals surface area contributed by atoms with Gasteiger partial charge in [-0.3, -0.25) is 4.79 Å². The van der Waals surface area contributed by atoms with Crippen LogP contribution in [0, 0.1) is 0 Å². The SMILES string of the molecule is CC(C)(C)N(CCC(=O)O)C(=O)Nc1cc(Cl)ccc1Cl. The van der Waals surface area contributed by atoms with E-state index in [0.717, 1.165) is 0 Å². The Hall–Kier alpha value is -1.46. The third-order valence-electron chi connectivity index (χ3n) is 2.77. The van der Waals surface area contributed by atoms with Gasteiger partial charge >= 0.3 is 12.0 Å². The molecule has 0 aliphatic heterocycles. The highest BCUT2D eigenvalue weighted by Crippen LogP contribution is 2.26. The number of halogens is 2. The summed E-state index contributed by atoms with van der Waals surface area (Å²) in [4.78, 5) is 24.5. The molecular weight excluding hydrogens is 315 g/mol. The molecule has 0 unspecified atom stereocenters. The molecule has 2 N–H and O–H groups in total. The van der Waals surface area contributed by atoms with Crippen molar-refractivity contribution in [3.63, 3.8) is 0 Å². The van der Waals surface area contributed by atoms with Crippen LogP contribution in [0.5, 0.6) is 0 Å². The summed E-state index contributed by atoms with van der Waals surface area (Å²) in [7, 11) is 0. The largest absolute Gasteiger partial charge is 0.481 e. The van der Waals surface area contributed by atoms with Crippen molar-refractivity contribution in [1.29, 1.82) is 0 Å². The van der Waals surface area contributed by atoms with Crippen LogP contribution in [0.4, 0.5) is 10.5 Å². The Kier molecular flexibility index (Phi) is 5.87. The Morgan fingerprint density at radius 3 is 2.43 bits per heavy atom. The molecule has 0 heterocycles. The highest BCUT2D eigenvalue weighted by atomic mass is 35.5. The number of nitrogens with one attached hydrogen (secondary N) is 1. The summed E-state index contributed by atoms with van der Waals surface area (Å²) in [6, 6.07) is 4.32. The van der Waals surface area contributed by atoms with Crippen molar-refractivity contribution in [3.05, 3.63) is 28.2 Å². The van der Waals surface area contributed by atoms with Gasteiger partial charge in [-0.2, -0.15) is 0 Å². The van der Waals surface area contributed by atoms with Crippen LogP contribution in [0.2, 0.25) is 10.0 Å². The van der Waals surface area contributed by atoms with Crippen molar-refractivity contribution >= 4 is 40.9 Å². The highest BCUT2D eigenvalue weighted by molar-refractivity contribution is 6.35. The van der Waals surface area contributed by atoms with E-state index in [1.165, 1.54) is 4.90 Å². The minimum Gasteiger partial charge on any atom is -0.481 e. The predicted octanol–water partition coefficient (Wildman–Crippen LogP) is 4.10. The van der Waals surface area contributed by atoms with Gasteiger partial charge < -0.3 is 15.3 Å². The lowest BCUT2D eigenvalue weighted by Crippen LogP contribution is -2.48. The second-order valence-corrected chi connectivity index (χ2v) is 6.36. The van der Waals surface area contributed by atoms with Crippen LogP contribution in [-0.4, -0.2) is 34.1 Å². The van der Waals surface area contributed by atoms with Crippen molar-refractivity contribution < 1.29 is 14.7 Å². The van der Waals surface area contributed by atoms with Crippen LogP contribution in [0.3, 0.4) is 0 Å². The molecule has 0 spiro atoms. The number of carboxylic acid groups (broad SMARTS) is 1. The fourth-order valence-corrected chi connectivity index (χ4v) is 2.06. The monoisotopic (exact) mass is 332 g/mol. The Bertz CT molecular complexity index is 542. The first-order valence-electron chi connectivity index (χ1n) is 6.36. The summed E-state index contributed by atoms with van der Waals surface area (Å²) < 4.78 is 0. The van der Waals surface area contributed by atoms with E-state index in [4.69, 9.17) is 28.3 Å². The smallest absolute Gasteiger partial charge is 0.322 e. The molecule has 0 bridgehead atoms. The van der Waals surface area contributed by atoms with Gasteiger partial charge in [0.2, 0.25) is 0 Å². The van der Waals surface area contributed by atoms with E-state index >= 15 is 0 Å². The number of rotatable bonds is 4. The summed E-state index contributed by atoms with van der Waals surface area (Å²) in [5.74, 6) is -0.960. The summed E-state index contributed by atoms with van der Waals surface area (Å²) in [5.41, 5.74) is -0.136. The van der Waals surface area contributed by atoms with Crippen LogP contribution in [0.15, 0.2) is 18.2 Å². The molecule has 0 fully saturated rings. The quantitative estimate of drug-likeness (QED) is 0.871. The van der Waals surface area contributed by atoms with Gasteiger partial charge in [0.05, 0.1) is 17.1 Å². The first-order chi connectivity index (χ1) is 9.61. The third kappa shape index (κ3) is 5.44. The lowest BCUT2D eigenvalue weighted by Gasteiger charge is -2.35. The van der Waals surface area contributed by atoms with Crippen molar-refractivity contribution in [1.82, 2.24) is 4.90 Å². The van der Waals surface area contributed by atoms with Crippen LogP contribution >= 0.6 is 23.2 Å². The topological polar surface area (TPSA) is 69.6 Å². The Balaban J connectivity index is 2.90. The number of urea groups is 1. The van der Waals surface area contributed by atoms with Gasteiger partial charge in [0, 0.05) is 17.1 Å². The van der Waals surface area contributed by atoms with Gasteiger partial charge in [-0.1, -0.05) is 23.2 Å². The summed E-state index contributed by atoms with van der Waals surface area (Å²) in [5, 5.41) is 12.3. The molecule has 7 heteroatoms. The molecule has 0 saturated carbocycles. The van der Waals surface area contributed by atoms with Crippen LogP contribution < -0.4 is 5.32 Å². The van der Waals surface area contributed by atoms with E-state index in [1.54, 1.807) is 18.2 Å². The number of amides is 2. The Morgan fingerprint density at radius 1 is 1.29 bits per heavy atom. The Labute approximate surface area is 133 Å². The normalized spacial score (nSPS) is 11.1. The molecule has 0 radical (unpaired) electrons. The van der Waals surface area contributed by atoms with Gasteiger partial charge in [-0.15, -0.1) is 0 Å². The van der Waals surface area contributed by atoms with Crippen molar-refractivity contribution in [3.8, 4) is 0 Å². The zero-order chi connectivity index (χ0) is 16.2. The van der Waals surface area contributed by atoms with Crippen molar-refractivity contribution in [2.75, 3.05) is 11.9 Å². The van der Waals surface area contributed by atoms with E-state index in [-0.39, 0.29) is 13.0 Å². The fraction of sp³-hybridized carbons (Fsp3) is 0.429. The van der Waals surface area contributed by atoms with Gasteiger partial charge in [0.15, 0.2) is 0 Å². The second-order valence-electron chi connectivity index (χ2n) is 5.52. The average molecular weight is 333 g/mol. The number of anilines is 1. The zero-order valence-electron chi connectivity index (χ0n) is 12.1. The molecule has 0 aliphatic rings. The van der Waals surface area contributed by atoms with E-state index in [2.05, 4.69) is 5.32 Å².